The van der Waals surface area contributed by atoms with Crippen molar-refractivity contribution in [3.63, 3.8) is 0 Å². The number of carbonyl (C=O) groups excluding carboxylic acids is 3. The Morgan fingerprint density at radius 3 is 2.46 bits per heavy atom. The molecule has 6 atom stereocenters. The van der Waals surface area contributed by atoms with Crippen LogP contribution in [0.15, 0.2) is 54.6 Å². The number of aliphatic hydroxyl groups excluding tert-OH is 1. The maximum Gasteiger partial charge on any atom is 0.312 e. The summed E-state index contributed by atoms with van der Waals surface area (Å²) < 4.78 is 17.4. The highest BCUT2D eigenvalue weighted by atomic mass is 16.6. The highest BCUT2D eigenvalue weighted by Gasteiger charge is 2.79. The number of rotatable bonds is 10. The van der Waals surface area contributed by atoms with E-state index in [4.69, 9.17) is 14.2 Å². The zero-order chi connectivity index (χ0) is 27.8. The van der Waals surface area contributed by atoms with Crippen LogP contribution in [-0.2, 0) is 30.3 Å². The molecule has 2 aromatic carbocycles. The van der Waals surface area contributed by atoms with Crippen molar-refractivity contribution in [2.45, 2.75) is 62.8 Å². The molecule has 0 aromatic heterocycles. The molecule has 2 amide bonds. The van der Waals surface area contributed by atoms with Gasteiger partial charge in [0.15, 0.2) is 0 Å². The van der Waals surface area contributed by atoms with E-state index >= 15 is 0 Å². The fourth-order valence-corrected chi connectivity index (χ4v) is 6.96. The number of amides is 2. The molecule has 9 heteroatoms. The molecule has 2 aromatic rings. The quantitative estimate of drug-likeness (QED) is 0.449. The maximum absolute atomic E-state index is 14.3. The molecule has 2 bridgehead atoms. The van der Waals surface area contributed by atoms with E-state index in [1.165, 1.54) is 4.90 Å². The van der Waals surface area contributed by atoms with Gasteiger partial charge >= 0.3 is 5.97 Å². The zero-order valence-electron chi connectivity index (χ0n) is 22.6. The van der Waals surface area contributed by atoms with Gasteiger partial charge in [-0.2, -0.15) is 0 Å². The second-order valence-electron chi connectivity index (χ2n) is 10.6. The number of esters is 1. The van der Waals surface area contributed by atoms with Gasteiger partial charge in [-0.1, -0.05) is 37.3 Å². The number of ether oxygens (including phenoxy) is 3. The van der Waals surface area contributed by atoms with Crippen LogP contribution in [0.3, 0.4) is 0 Å². The molecular formula is C30H36N2O7. The van der Waals surface area contributed by atoms with E-state index < -0.39 is 47.0 Å². The minimum atomic E-state index is -1.20. The van der Waals surface area contributed by atoms with Crippen molar-refractivity contribution < 1.29 is 33.7 Å². The first-order valence-corrected chi connectivity index (χ1v) is 13.6. The van der Waals surface area contributed by atoms with Crippen LogP contribution in [0.2, 0.25) is 0 Å². The third-order valence-corrected chi connectivity index (χ3v) is 8.68. The van der Waals surface area contributed by atoms with Gasteiger partial charge in [0.25, 0.3) is 0 Å². The monoisotopic (exact) mass is 536 g/mol. The summed E-state index contributed by atoms with van der Waals surface area (Å²) in [4.78, 5) is 43.2. The van der Waals surface area contributed by atoms with Crippen LogP contribution >= 0.6 is 0 Å². The van der Waals surface area contributed by atoms with Crippen LogP contribution < -0.4 is 10.1 Å². The van der Waals surface area contributed by atoms with Gasteiger partial charge in [0.1, 0.15) is 23.3 Å². The lowest BCUT2D eigenvalue weighted by atomic mass is 9.65. The Morgan fingerprint density at radius 1 is 1.13 bits per heavy atom. The molecule has 1 spiro atoms. The average Bonchev–Trinajstić information content (AvgIpc) is 3.56. The maximum atomic E-state index is 14.3. The van der Waals surface area contributed by atoms with Crippen LogP contribution in [-0.4, -0.2) is 71.4 Å². The Bertz CT molecular complexity index is 1220. The van der Waals surface area contributed by atoms with Crippen molar-refractivity contribution in [2.75, 3.05) is 25.6 Å². The first-order valence-electron chi connectivity index (χ1n) is 13.6. The SMILES string of the molecule is CCOC(=O)[C@H]1[C@H]2C(=O)N([C@@H](CO)Cc3ccccc3)C(C(=O)Nc3ccc(OC)cc3)C23CC[C@]1(CC)O3. The lowest BCUT2D eigenvalue weighted by Gasteiger charge is -2.37. The molecule has 3 saturated heterocycles. The molecule has 2 N–H and O–H groups in total. The molecule has 2 unspecified atom stereocenters. The van der Waals surface area contributed by atoms with Gasteiger partial charge in [0, 0.05) is 5.69 Å². The molecule has 5 rings (SSSR count). The van der Waals surface area contributed by atoms with Crippen LogP contribution in [0.25, 0.3) is 0 Å². The summed E-state index contributed by atoms with van der Waals surface area (Å²) in [6.07, 6.45) is 1.86. The summed E-state index contributed by atoms with van der Waals surface area (Å²) in [6.45, 7) is 3.50. The van der Waals surface area contributed by atoms with Gasteiger partial charge in [-0.05, 0) is 62.4 Å². The molecule has 0 aliphatic carbocycles. The number of benzene rings is 2. The number of hydrogen-bond acceptors (Lipinski definition) is 7. The number of methoxy groups -OCH3 is 1. The lowest BCUT2D eigenvalue weighted by molar-refractivity contribution is -0.161. The first kappa shape index (κ1) is 27.1. The van der Waals surface area contributed by atoms with Gasteiger partial charge in [-0.15, -0.1) is 0 Å². The Kier molecular flexibility index (Phi) is 7.39. The molecule has 3 heterocycles. The molecule has 208 valence electrons. The summed E-state index contributed by atoms with van der Waals surface area (Å²) in [6, 6.07) is 14.7. The Hall–Kier alpha value is -3.43. The minimum absolute atomic E-state index is 0.182. The Balaban J connectivity index is 1.56. The molecular weight excluding hydrogens is 500 g/mol. The molecule has 9 nitrogen and oxygen atoms in total. The fourth-order valence-electron chi connectivity index (χ4n) is 6.96. The summed E-state index contributed by atoms with van der Waals surface area (Å²) in [5.74, 6) is -2.29. The van der Waals surface area contributed by atoms with E-state index in [2.05, 4.69) is 5.32 Å². The largest absolute Gasteiger partial charge is 0.497 e. The predicted molar refractivity (Wildman–Crippen MR) is 143 cm³/mol. The summed E-state index contributed by atoms with van der Waals surface area (Å²) in [5, 5.41) is 13.5. The number of hydrogen-bond donors (Lipinski definition) is 2. The van der Waals surface area contributed by atoms with Crippen molar-refractivity contribution in [1.29, 1.82) is 0 Å². The van der Waals surface area contributed by atoms with Crippen molar-refractivity contribution in [1.82, 2.24) is 4.90 Å². The average molecular weight is 537 g/mol. The summed E-state index contributed by atoms with van der Waals surface area (Å²) in [5.41, 5.74) is -0.613. The smallest absolute Gasteiger partial charge is 0.312 e. The third-order valence-electron chi connectivity index (χ3n) is 8.68. The number of nitrogens with zero attached hydrogens (tertiary/aromatic N) is 1. The van der Waals surface area contributed by atoms with Crippen LogP contribution in [0.1, 0.15) is 38.7 Å². The Labute approximate surface area is 228 Å². The van der Waals surface area contributed by atoms with Gasteiger partial charge < -0.3 is 29.5 Å². The number of fused-ring (bicyclic) bond motifs is 1. The van der Waals surface area contributed by atoms with Gasteiger partial charge in [0.2, 0.25) is 11.8 Å². The van der Waals surface area contributed by atoms with Gasteiger partial charge in [0.05, 0.1) is 37.9 Å². The second kappa shape index (κ2) is 10.6. The second-order valence-corrected chi connectivity index (χ2v) is 10.6. The van der Waals surface area contributed by atoms with Crippen molar-refractivity contribution in [3.8, 4) is 5.75 Å². The van der Waals surface area contributed by atoms with E-state index in [0.29, 0.717) is 37.1 Å². The lowest BCUT2D eigenvalue weighted by Crippen LogP contribution is -2.57. The fraction of sp³-hybridized carbons (Fsp3) is 0.500. The number of carbonyl (C=O) groups is 3. The highest BCUT2D eigenvalue weighted by Crippen LogP contribution is 2.64. The number of nitrogens with one attached hydrogen (secondary N) is 1. The first-order chi connectivity index (χ1) is 18.8. The molecule has 3 fully saturated rings. The van der Waals surface area contributed by atoms with Crippen molar-refractivity contribution >= 4 is 23.5 Å². The third kappa shape index (κ3) is 4.37. The standard InChI is InChI=1S/C30H36N2O7/c1-4-29-15-16-30(39-29)23(24(29)28(36)38-5-2)27(35)32(21(18-33)17-19-9-7-6-8-10-19)25(30)26(34)31-20-11-13-22(37-3)14-12-20/h6-14,21,23-25,33H,4-5,15-18H2,1-3H3,(H,31,34)/t21-,23+,24-,25?,29+,30?/m1/s1. The van der Waals surface area contributed by atoms with Crippen LogP contribution in [0.5, 0.6) is 5.75 Å². The van der Waals surface area contributed by atoms with E-state index in [1.54, 1.807) is 38.3 Å². The molecule has 39 heavy (non-hydrogen) atoms. The molecule has 0 saturated carbocycles. The Morgan fingerprint density at radius 2 is 1.85 bits per heavy atom. The molecule has 0 radical (unpaired) electrons. The normalized spacial score (nSPS) is 29.7. The van der Waals surface area contributed by atoms with E-state index in [1.807, 2.05) is 37.3 Å². The van der Waals surface area contributed by atoms with E-state index in [9.17, 15) is 19.5 Å². The van der Waals surface area contributed by atoms with Crippen LogP contribution in [0.4, 0.5) is 5.69 Å². The topological polar surface area (TPSA) is 114 Å². The van der Waals surface area contributed by atoms with E-state index in [0.717, 1.165) is 5.56 Å². The van der Waals surface area contributed by atoms with Crippen molar-refractivity contribution in [3.05, 3.63) is 60.2 Å². The summed E-state index contributed by atoms with van der Waals surface area (Å²) in [7, 11) is 1.56. The predicted octanol–water partition coefficient (Wildman–Crippen LogP) is 2.96. The van der Waals surface area contributed by atoms with E-state index in [-0.39, 0.29) is 19.1 Å². The van der Waals surface area contributed by atoms with Crippen molar-refractivity contribution in [2.24, 2.45) is 11.8 Å². The van der Waals surface area contributed by atoms with Crippen LogP contribution in [0, 0.1) is 11.8 Å². The number of anilines is 1. The highest BCUT2D eigenvalue weighted by molar-refractivity contribution is 6.03. The minimum Gasteiger partial charge on any atom is -0.497 e. The molecule has 3 aliphatic rings. The molecule has 3 aliphatic heterocycles. The number of likely N-dealkylation sites (tertiary alicyclic amines) is 1. The number of aliphatic hydroxyl groups is 1. The van der Waals surface area contributed by atoms with Gasteiger partial charge in [-0.3, -0.25) is 14.4 Å². The van der Waals surface area contributed by atoms with Gasteiger partial charge in [-0.25, -0.2) is 0 Å². The zero-order valence-corrected chi connectivity index (χ0v) is 22.6. The summed E-state index contributed by atoms with van der Waals surface area (Å²) >= 11 is 0.